The zero-order valence-electron chi connectivity index (χ0n) is 8.89. The van der Waals surface area contributed by atoms with Crippen molar-refractivity contribution in [2.24, 2.45) is 0 Å². The van der Waals surface area contributed by atoms with E-state index in [2.05, 4.69) is 52.9 Å². The molecule has 0 radical (unpaired) electrons. The minimum atomic E-state index is 0.243. The zero-order valence-corrected chi connectivity index (χ0v) is 10.5. The lowest BCUT2D eigenvalue weighted by Gasteiger charge is -2.19. The Bertz CT molecular complexity index is 344. The summed E-state index contributed by atoms with van der Waals surface area (Å²) in [7, 11) is 1.96. The number of halogens is 1. The van der Waals surface area contributed by atoms with Gasteiger partial charge in [0.15, 0.2) is 0 Å². The Morgan fingerprint density at radius 1 is 1.50 bits per heavy atom. The van der Waals surface area contributed by atoms with Crippen LogP contribution in [0.25, 0.3) is 0 Å². The van der Waals surface area contributed by atoms with Crippen LogP contribution in [-0.2, 0) is 0 Å². The first-order chi connectivity index (χ1) is 6.57. The van der Waals surface area contributed by atoms with Crippen LogP contribution >= 0.6 is 15.9 Å². The van der Waals surface area contributed by atoms with E-state index in [-0.39, 0.29) is 6.04 Å². The summed E-state index contributed by atoms with van der Waals surface area (Å²) in [6.45, 7) is 8.16. The van der Waals surface area contributed by atoms with Gasteiger partial charge in [-0.2, -0.15) is 0 Å². The van der Waals surface area contributed by atoms with Crippen LogP contribution in [0.1, 0.15) is 24.1 Å². The topological polar surface area (TPSA) is 12.0 Å². The Hall–Kier alpha value is -0.600. The van der Waals surface area contributed by atoms with Gasteiger partial charge in [-0.05, 0) is 38.1 Å². The molecule has 0 bridgehead atoms. The second-order valence-corrected chi connectivity index (χ2v) is 4.38. The summed E-state index contributed by atoms with van der Waals surface area (Å²) < 4.78 is 1.15. The maximum absolute atomic E-state index is 4.00. The van der Waals surface area contributed by atoms with E-state index in [0.29, 0.717) is 0 Å². The van der Waals surface area contributed by atoms with Crippen LogP contribution < -0.4 is 5.32 Å². The lowest BCUT2D eigenvalue weighted by molar-refractivity contribution is 0.675. The molecular formula is C12H16BrN. The maximum atomic E-state index is 4.00. The van der Waals surface area contributed by atoms with Crippen LogP contribution in [0, 0.1) is 6.92 Å². The van der Waals surface area contributed by atoms with Gasteiger partial charge in [0.1, 0.15) is 0 Å². The van der Waals surface area contributed by atoms with Crippen molar-refractivity contribution in [2.45, 2.75) is 19.9 Å². The van der Waals surface area contributed by atoms with Gasteiger partial charge >= 0.3 is 0 Å². The summed E-state index contributed by atoms with van der Waals surface area (Å²) >= 11 is 3.54. The fraction of sp³-hybridized carbons (Fsp3) is 0.333. The fourth-order valence-corrected chi connectivity index (χ4v) is 1.99. The quantitative estimate of drug-likeness (QED) is 0.813. The molecule has 0 heterocycles. The SMILES string of the molecule is C=C(C)C(NC)c1cccc(Br)c1C. The van der Waals surface area contributed by atoms with Crippen molar-refractivity contribution in [1.82, 2.24) is 5.32 Å². The van der Waals surface area contributed by atoms with Crippen LogP contribution in [0.15, 0.2) is 34.8 Å². The number of nitrogens with one attached hydrogen (secondary N) is 1. The predicted molar refractivity (Wildman–Crippen MR) is 65.5 cm³/mol. The summed E-state index contributed by atoms with van der Waals surface area (Å²) in [5.41, 5.74) is 3.69. The van der Waals surface area contributed by atoms with Crippen LogP contribution in [0.2, 0.25) is 0 Å². The van der Waals surface area contributed by atoms with Gasteiger partial charge in [0, 0.05) is 4.47 Å². The predicted octanol–water partition coefficient (Wildman–Crippen LogP) is 3.59. The first-order valence-corrected chi connectivity index (χ1v) is 5.45. The molecule has 14 heavy (non-hydrogen) atoms. The van der Waals surface area contributed by atoms with Crippen molar-refractivity contribution in [3.63, 3.8) is 0 Å². The third-order valence-corrected chi connectivity index (χ3v) is 3.26. The number of rotatable bonds is 3. The Morgan fingerprint density at radius 3 is 2.64 bits per heavy atom. The van der Waals surface area contributed by atoms with Gasteiger partial charge in [0.25, 0.3) is 0 Å². The van der Waals surface area contributed by atoms with Crippen LogP contribution in [0.5, 0.6) is 0 Å². The minimum absolute atomic E-state index is 0.243. The van der Waals surface area contributed by atoms with E-state index >= 15 is 0 Å². The number of likely N-dealkylation sites (N-methyl/N-ethyl adjacent to an activating group) is 1. The van der Waals surface area contributed by atoms with Gasteiger partial charge < -0.3 is 5.32 Å². The molecule has 0 aliphatic rings. The second kappa shape index (κ2) is 4.76. The molecule has 0 fully saturated rings. The molecule has 0 aliphatic carbocycles. The summed E-state index contributed by atoms with van der Waals surface area (Å²) in [6.07, 6.45) is 0. The highest BCUT2D eigenvalue weighted by molar-refractivity contribution is 9.10. The molecule has 1 aromatic rings. The first kappa shape index (κ1) is 11.5. The summed E-state index contributed by atoms with van der Waals surface area (Å²) in [4.78, 5) is 0. The van der Waals surface area contributed by atoms with Crippen LogP contribution in [-0.4, -0.2) is 7.05 Å². The molecule has 1 unspecified atom stereocenters. The lowest BCUT2D eigenvalue weighted by Crippen LogP contribution is -2.18. The average Bonchev–Trinajstić information content (AvgIpc) is 2.13. The van der Waals surface area contributed by atoms with E-state index in [1.165, 1.54) is 11.1 Å². The highest BCUT2D eigenvalue weighted by Crippen LogP contribution is 2.27. The van der Waals surface area contributed by atoms with Gasteiger partial charge in [-0.1, -0.05) is 40.2 Å². The number of hydrogen-bond acceptors (Lipinski definition) is 1. The Kier molecular flexibility index (Phi) is 3.90. The molecular weight excluding hydrogens is 238 g/mol. The standard InChI is InChI=1S/C12H16BrN/c1-8(2)12(14-4)10-6-5-7-11(13)9(10)3/h5-7,12,14H,1H2,2-4H3. The molecule has 1 rings (SSSR count). The van der Waals surface area contributed by atoms with Gasteiger partial charge in [-0.15, -0.1) is 0 Å². The van der Waals surface area contributed by atoms with Gasteiger partial charge in [-0.25, -0.2) is 0 Å². The lowest BCUT2D eigenvalue weighted by atomic mass is 9.97. The second-order valence-electron chi connectivity index (χ2n) is 3.52. The molecule has 76 valence electrons. The van der Waals surface area contributed by atoms with Crippen molar-refractivity contribution in [3.8, 4) is 0 Å². The van der Waals surface area contributed by atoms with Gasteiger partial charge in [0.2, 0.25) is 0 Å². The zero-order chi connectivity index (χ0) is 10.7. The van der Waals surface area contributed by atoms with Crippen LogP contribution in [0.3, 0.4) is 0 Å². The van der Waals surface area contributed by atoms with E-state index < -0.39 is 0 Å². The molecule has 0 aromatic heterocycles. The number of hydrogen-bond donors (Lipinski definition) is 1. The molecule has 1 aromatic carbocycles. The van der Waals surface area contributed by atoms with Crippen molar-refractivity contribution in [1.29, 1.82) is 0 Å². The van der Waals surface area contributed by atoms with Crippen molar-refractivity contribution in [2.75, 3.05) is 7.05 Å². The highest BCUT2D eigenvalue weighted by Gasteiger charge is 2.12. The molecule has 0 spiro atoms. The average molecular weight is 254 g/mol. The Morgan fingerprint density at radius 2 is 2.14 bits per heavy atom. The van der Waals surface area contributed by atoms with Crippen LogP contribution in [0.4, 0.5) is 0 Å². The number of benzene rings is 1. The molecule has 0 saturated carbocycles. The third-order valence-electron chi connectivity index (χ3n) is 2.40. The maximum Gasteiger partial charge on any atom is 0.0531 e. The highest BCUT2D eigenvalue weighted by atomic mass is 79.9. The van der Waals surface area contributed by atoms with Crippen molar-refractivity contribution < 1.29 is 0 Å². The molecule has 0 amide bonds. The summed E-state index contributed by atoms with van der Waals surface area (Å²) in [5.74, 6) is 0. The van der Waals surface area contributed by atoms with Gasteiger partial charge in [0.05, 0.1) is 6.04 Å². The van der Waals surface area contributed by atoms with Gasteiger partial charge in [-0.3, -0.25) is 0 Å². The van der Waals surface area contributed by atoms with Crippen molar-refractivity contribution in [3.05, 3.63) is 46.0 Å². The van der Waals surface area contributed by atoms with Crippen molar-refractivity contribution >= 4 is 15.9 Å². The summed E-state index contributed by atoms with van der Waals surface area (Å²) in [5, 5.41) is 3.27. The summed E-state index contributed by atoms with van der Waals surface area (Å²) in [6, 6.07) is 6.49. The Labute approximate surface area is 94.3 Å². The molecule has 0 saturated heterocycles. The smallest absolute Gasteiger partial charge is 0.0531 e. The molecule has 0 aliphatic heterocycles. The fourth-order valence-electron chi connectivity index (χ4n) is 1.60. The minimum Gasteiger partial charge on any atom is -0.310 e. The van der Waals surface area contributed by atoms with E-state index in [1.807, 2.05) is 14.0 Å². The molecule has 2 heteroatoms. The van der Waals surface area contributed by atoms with E-state index in [4.69, 9.17) is 0 Å². The van der Waals surface area contributed by atoms with E-state index in [0.717, 1.165) is 10.0 Å². The largest absolute Gasteiger partial charge is 0.310 e. The Balaban J connectivity index is 3.16. The monoisotopic (exact) mass is 253 g/mol. The first-order valence-electron chi connectivity index (χ1n) is 4.65. The third kappa shape index (κ3) is 2.25. The normalized spacial score (nSPS) is 12.6. The molecule has 1 N–H and O–H groups in total. The molecule has 1 atom stereocenters. The van der Waals surface area contributed by atoms with E-state index in [9.17, 15) is 0 Å². The van der Waals surface area contributed by atoms with E-state index in [1.54, 1.807) is 0 Å². The molecule has 1 nitrogen and oxygen atoms in total.